The number of rotatable bonds is 6. The Labute approximate surface area is 287 Å². The van der Waals surface area contributed by atoms with E-state index in [1.807, 2.05) is 0 Å². The molecule has 0 aliphatic rings. The minimum absolute atomic E-state index is 0.0895. The van der Waals surface area contributed by atoms with Gasteiger partial charge in [0.05, 0.1) is 0 Å². The van der Waals surface area contributed by atoms with Gasteiger partial charge in [-0.25, -0.2) is 18.7 Å². The first-order valence-electron chi connectivity index (χ1n) is 13.8. The van der Waals surface area contributed by atoms with Crippen LogP contribution in [0.15, 0.2) is 100 Å². The van der Waals surface area contributed by atoms with Crippen LogP contribution in [0.3, 0.4) is 0 Å². The number of hydrogen-bond donors (Lipinski definition) is 5. The zero-order valence-electron chi connectivity index (χ0n) is 24.7. The number of hydrogen-bond acceptors (Lipinski definition) is 10. The van der Waals surface area contributed by atoms with E-state index in [0.717, 1.165) is 11.1 Å². The van der Waals surface area contributed by atoms with Crippen molar-refractivity contribution >= 4 is 70.0 Å². The zero-order chi connectivity index (χ0) is 34.6. The number of halogens is 3. The number of aromatic hydroxyl groups is 2. The van der Waals surface area contributed by atoms with Crippen LogP contribution in [0.1, 0.15) is 32.1 Å². The van der Waals surface area contributed by atoms with Crippen LogP contribution in [-0.4, -0.2) is 49.6 Å². The summed E-state index contributed by atoms with van der Waals surface area (Å²) in [6.45, 7) is 0.401. The molecule has 0 unspecified atom stereocenters. The molecule has 6 aromatic rings. The van der Waals surface area contributed by atoms with E-state index >= 15 is 0 Å². The second kappa shape index (κ2) is 17.0. The molecule has 2 amide bonds. The van der Waals surface area contributed by atoms with Gasteiger partial charge in [0, 0.05) is 42.5 Å². The summed E-state index contributed by atoms with van der Waals surface area (Å²) in [5, 5.41) is 26.9. The van der Waals surface area contributed by atoms with Gasteiger partial charge in [0.2, 0.25) is 0 Å². The number of nitrogens with one attached hydrogen (secondary N) is 2. The van der Waals surface area contributed by atoms with E-state index in [2.05, 4.69) is 71.3 Å². The average molecular weight is 731 g/mol. The van der Waals surface area contributed by atoms with E-state index < -0.39 is 11.8 Å². The minimum atomic E-state index is -0.542. The van der Waals surface area contributed by atoms with Gasteiger partial charge in [0.1, 0.15) is 27.3 Å². The van der Waals surface area contributed by atoms with E-state index in [0.29, 0.717) is 26.4 Å². The number of amides is 2. The summed E-state index contributed by atoms with van der Waals surface area (Å²) < 4.78 is 28.8. The first-order valence-corrected chi connectivity index (χ1v) is 15.0. The molecule has 0 saturated heterocycles. The second-order valence-electron chi connectivity index (χ2n) is 9.63. The van der Waals surface area contributed by atoms with Crippen molar-refractivity contribution in [1.29, 1.82) is 0 Å². The Balaban J connectivity index is 0.000000201. The number of carbonyl (C=O) groups is 2. The SMILES string of the molecule is O=C(NCc1ccc(F)cc1)c1nc(Br)c2cccnc2c1O.O=C(NCc1ccc(F)cc1)c1ncc2cccnc2c1O.[B]=NS. The molecular formula is C32H24BBrF2N7O4S. The molecule has 0 atom stereocenters. The summed E-state index contributed by atoms with van der Waals surface area (Å²) in [7, 11) is 4.34. The summed E-state index contributed by atoms with van der Waals surface area (Å²) in [5.41, 5.74) is 1.88. The first kappa shape index (κ1) is 35.5. The van der Waals surface area contributed by atoms with Gasteiger partial charge in [0.15, 0.2) is 22.9 Å². The number of pyridine rings is 4. The van der Waals surface area contributed by atoms with Crippen molar-refractivity contribution in [3.63, 3.8) is 0 Å². The predicted octanol–water partition coefficient (Wildman–Crippen LogP) is 5.75. The molecular weight excluding hydrogens is 707 g/mol. The molecule has 4 aromatic heterocycles. The van der Waals surface area contributed by atoms with Crippen LogP contribution < -0.4 is 10.6 Å². The molecule has 0 saturated carbocycles. The van der Waals surface area contributed by atoms with Crippen LogP contribution in [0.2, 0.25) is 0 Å². The van der Waals surface area contributed by atoms with Gasteiger partial charge in [-0.15, -0.1) is 0 Å². The van der Waals surface area contributed by atoms with E-state index in [1.54, 1.807) is 48.5 Å². The molecule has 0 spiro atoms. The Morgan fingerprint density at radius 3 is 1.81 bits per heavy atom. The molecule has 11 nitrogen and oxygen atoms in total. The van der Waals surface area contributed by atoms with Crippen LogP contribution in [-0.2, 0) is 13.1 Å². The van der Waals surface area contributed by atoms with Gasteiger partial charge in [-0.2, -0.15) is 0 Å². The summed E-state index contributed by atoms with van der Waals surface area (Å²) in [6, 6.07) is 18.5. The molecule has 0 aliphatic carbocycles. The first-order chi connectivity index (χ1) is 23.1. The summed E-state index contributed by atoms with van der Waals surface area (Å²) in [6.07, 6.45) is 4.53. The van der Waals surface area contributed by atoms with Gasteiger partial charge in [-0.3, -0.25) is 19.6 Å². The van der Waals surface area contributed by atoms with Crippen molar-refractivity contribution in [1.82, 2.24) is 30.6 Å². The Hall–Kier alpha value is -5.35. The van der Waals surface area contributed by atoms with Crippen molar-refractivity contribution in [2.24, 2.45) is 4.30 Å². The topological polar surface area (TPSA) is 163 Å². The summed E-state index contributed by atoms with van der Waals surface area (Å²) >= 11 is 6.46. The Morgan fingerprint density at radius 1 is 0.771 bits per heavy atom. The third-order valence-corrected chi connectivity index (χ3v) is 7.08. The Bertz CT molecular complexity index is 2080. The maximum atomic E-state index is 12.9. The predicted molar refractivity (Wildman–Crippen MR) is 182 cm³/mol. The number of benzene rings is 2. The third-order valence-electron chi connectivity index (χ3n) is 6.47. The molecule has 0 aliphatic heterocycles. The van der Waals surface area contributed by atoms with Crippen LogP contribution in [0.5, 0.6) is 11.5 Å². The molecule has 2 aromatic carbocycles. The number of nitrogens with zero attached hydrogens (tertiary/aromatic N) is 5. The monoisotopic (exact) mass is 730 g/mol. The number of thiol groups is 1. The fraction of sp³-hybridized carbons (Fsp3) is 0.0625. The summed E-state index contributed by atoms with van der Waals surface area (Å²) in [4.78, 5) is 40.5. The fourth-order valence-corrected chi connectivity index (χ4v) is 4.67. The van der Waals surface area contributed by atoms with Gasteiger partial charge in [-0.1, -0.05) is 24.3 Å². The molecule has 0 bridgehead atoms. The molecule has 4 N–H and O–H groups in total. The molecule has 241 valence electrons. The van der Waals surface area contributed by atoms with Crippen LogP contribution >= 0.6 is 28.7 Å². The Morgan fingerprint density at radius 2 is 1.25 bits per heavy atom. The molecule has 48 heavy (non-hydrogen) atoms. The normalized spacial score (nSPS) is 10.2. The molecule has 16 heteroatoms. The number of aromatic nitrogens is 4. The van der Waals surface area contributed by atoms with E-state index in [4.69, 9.17) is 0 Å². The van der Waals surface area contributed by atoms with E-state index in [1.165, 1.54) is 42.9 Å². The van der Waals surface area contributed by atoms with Gasteiger partial charge < -0.3 is 20.8 Å². The van der Waals surface area contributed by atoms with Crippen molar-refractivity contribution < 1.29 is 28.6 Å². The van der Waals surface area contributed by atoms with E-state index in [9.17, 15) is 28.6 Å². The van der Waals surface area contributed by atoms with Crippen LogP contribution in [0.25, 0.3) is 21.8 Å². The fourth-order valence-electron chi connectivity index (χ4n) is 4.17. The van der Waals surface area contributed by atoms with E-state index in [-0.39, 0.29) is 47.6 Å². The molecule has 4 heterocycles. The van der Waals surface area contributed by atoms with Gasteiger partial charge in [-0.05, 0) is 75.6 Å². The molecule has 6 rings (SSSR count). The van der Waals surface area contributed by atoms with Crippen LogP contribution in [0.4, 0.5) is 8.78 Å². The zero-order valence-corrected chi connectivity index (χ0v) is 27.2. The number of fused-ring (bicyclic) bond motifs is 2. The van der Waals surface area contributed by atoms with Crippen LogP contribution in [0, 0.1) is 11.6 Å². The Kier molecular flexibility index (Phi) is 12.6. The third kappa shape index (κ3) is 9.14. The van der Waals surface area contributed by atoms with Crippen molar-refractivity contribution in [2.75, 3.05) is 0 Å². The van der Waals surface area contributed by atoms with Gasteiger partial charge >= 0.3 is 24.8 Å². The number of carbonyl (C=O) groups excluding carboxylic acids is 2. The standard InChI is InChI=1S/C16H11BrFN3O2.C16H12FN3O2.BHNS/c17-15-11-2-1-7-19-12(11)14(22)13(21-15)16(23)20-8-9-3-5-10(18)6-4-9;17-12-5-3-10(4-6-12)8-20-16(22)14-15(21)13-11(9-19-14)2-1-7-18-13;1-2-3/h1-7,22H,8H2,(H,20,23);1-7,9,21H,8H2,(H,20,22);3H. The maximum absolute atomic E-state index is 12.9. The molecule has 1 radical (unpaired) electrons. The average Bonchev–Trinajstić information content (AvgIpc) is 3.10. The van der Waals surface area contributed by atoms with Crippen molar-refractivity contribution in [3.8, 4) is 11.5 Å². The summed E-state index contributed by atoms with van der Waals surface area (Å²) in [5.74, 6) is -2.27. The van der Waals surface area contributed by atoms with Gasteiger partial charge in [0.25, 0.3) is 11.8 Å². The second-order valence-corrected chi connectivity index (χ2v) is 10.6. The quantitative estimate of drug-likeness (QED) is 0.0822. The van der Waals surface area contributed by atoms with Crippen molar-refractivity contribution in [3.05, 3.63) is 130 Å². The molecule has 0 fully saturated rings. The van der Waals surface area contributed by atoms with Crippen molar-refractivity contribution in [2.45, 2.75) is 13.1 Å².